The fraction of sp³-hybridized carbons (Fsp3) is 1.00. The Labute approximate surface area is 62.8 Å². The Balaban J connectivity index is 2.15. The second-order valence-corrected chi connectivity index (χ2v) is 3.46. The van der Waals surface area contributed by atoms with Crippen molar-refractivity contribution in [1.29, 1.82) is 0 Å². The monoisotopic (exact) mass is 145 g/mol. The van der Waals surface area contributed by atoms with Crippen molar-refractivity contribution in [3.63, 3.8) is 0 Å². The maximum atomic E-state index is 4.23. The standard InChI is InChI=1S/C7H15NS/c1-6-3-8(4-6)7(2)5-9/h6-7,9H,3-5H2,1-2H3. The summed E-state index contributed by atoms with van der Waals surface area (Å²) in [5, 5.41) is 0. The van der Waals surface area contributed by atoms with Crippen molar-refractivity contribution in [2.75, 3.05) is 18.8 Å². The van der Waals surface area contributed by atoms with Crippen molar-refractivity contribution in [3.05, 3.63) is 0 Å². The highest BCUT2D eigenvalue weighted by Crippen LogP contribution is 2.17. The number of rotatable bonds is 2. The first kappa shape index (κ1) is 7.42. The fourth-order valence-corrected chi connectivity index (χ4v) is 1.45. The van der Waals surface area contributed by atoms with E-state index in [9.17, 15) is 0 Å². The average molecular weight is 145 g/mol. The van der Waals surface area contributed by atoms with Crippen LogP contribution in [0.5, 0.6) is 0 Å². The molecule has 0 spiro atoms. The van der Waals surface area contributed by atoms with E-state index in [1.54, 1.807) is 0 Å². The summed E-state index contributed by atoms with van der Waals surface area (Å²) in [6.45, 7) is 7.09. The normalized spacial score (nSPS) is 25.7. The Morgan fingerprint density at radius 2 is 2.22 bits per heavy atom. The third kappa shape index (κ3) is 1.62. The van der Waals surface area contributed by atoms with Gasteiger partial charge in [0.1, 0.15) is 0 Å². The molecule has 0 amide bonds. The van der Waals surface area contributed by atoms with E-state index < -0.39 is 0 Å². The van der Waals surface area contributed by atoms with Crippen LogP contribution >= 0.6 is 12.6 Å². The summed E-state index contributed by atoms with van der Waals surface area (Å²) in [6, 6.07) is 0.685. The van der Waals surface area contributed by atoms with Crippen LogP contribution in [0.2, 0.25) is 0 Å². The lowest BCUT2D eigenvalue weighted by atomic mass is 10.0. The lowest BCUT2D eigenvalue weighted by Gasteiger charge is -2.41. The van der Waals surface area contributed by atoms with E-state index >= 15 is 0 Å². The summed E-state index contributed by atoms with van der Waals surface area (Å²) < 4.78 is 0. The summed E-state index contributed by atoms with van der Waals surface area (Å²) in [5.41, 5.74) is 0. The van der Waals surface area contributed by atoms with Gasteiger partial charge < -0.3 is 0 Å². The molecule has 1 fully saturated rings. The van der Waals surface area contributed by atoms with E-state index in [1.165, 1.54) is 13.1 Å². The Bertz CT molecular complexity index is 88.9. The van der Waals surface area contributed by atoms with Gasteiger partial charge in [-0.05, 0) is 12.8 Å². The number of nitrogens with zero attached hydrogens (tertiary/aromatic N) is 1. The fourth-order valence-electron chi connectivity index (χ4n) is 1.22. The molecule has 0 bridgehead atoms. The lowest BCUT2D eigenvalue weighted by molar-refractivity contribution is 0.0809. The minimum Gasteiger partial charge on any atom is -0.299 e. The van der Waals surface area contributed by atoms with Crippen LogP contribution in [0.4, 0.5) is 0 Å². The third-order valence-electron chi connectivity index (χ3n) is 1.98. The lowest BCUT2D eigenvalue weighted by Crippen LogP contribution is -2.50. The maximum absolute atomic E-state index is 4.23. The van der Waals surface area contributed by atoms with E-state index in [4.69, 9.17) is 0 Å². The molecule has 1 unspecified atom stereocenters. The zero-order valence-corrected chi connectivity index (χ0v) is 7.06. The molecular weight excluding hydrogens is 130 g/mol. The third-order valence-corrected chi connectivity index (χ3v) is 2.51. The zero-order chi connectivity index (χ0) is 6.85. The quantitative estimate of drug-likeness (QED) is 0.572. The summed E-state index contributed by atoms with van der Waals surface area (Å²) in [5.74, 6) is 1.92. The van der Waals surface area contributed by atoms with Gasteiger partial charge in [0.2, 0.25) is 0 Å². The van der Waals surface area contributed by atoms with Gasteiger partial charge in [-0.1, -0.05) is 6.92 Å². The second kappa shape index (κ2) is 2.93. The highest BCUT2D eigenvalue weighted by Gasteiger charge is 2.25. The SMILES string of the molecule is CC1CN(C(C)CS)C1. The minimum atomic E-state index is 0.685. The molecule has 0 saturated carbocycles. The number of hydrogen-bond acceptors (Lipinski definition) is 2. The van der Waals surface area contributed by atoms with E-state index in [0.29, 0.717) is 6.04 Å². The highest BCUT2D eigenvalue weighted by molar-refractivity contribution is 7.80. The van der Waals surface area contributed by atoms with E-state index in [0.717, 1.165) is 11.7 Å². The first-order valence-corrected chi connectivity index (χ1v) is 4.22. The molecule has 9 heavy (non-hydrogen) atoms. The van der Waals surface area contributed by atoms with Gasteiger partial charge in [-0.3, -0.25) is 4.90 Å². The predicted molar refractivity (Wildman–Crippen MR) is 44.1 cm³/mol. The van der Waals surface area contributed by atoms with E-state index in [1.807, 2.05) is 0 Å². The Morgan fingerprint density at radius 1 is 1.67 bits per heavy atom. The average Bonchev–Trinajstić information content (AvgIpc) is 1.79. The molecule has 0 aromatic heterocycles. The predicted octanol–water partition coefficient (Wildman–Crippen LogP) is 1.26. The summed E-state index contributed by atoms with van der Waals surface area (Å²) >= 11 is 4.23. The van der Waals surface area contributed by atoms with Crippen molar-refractivity contribution in [2.24, 2.45) is 5.92 Å². The number of thiol groups is 1. The molecule has 1 aliphatic heterocycles. The van der Waals surface area contributed by atoms with Crippen molar-refractivity contribution in [2.45, 2.75) is 19.9 Å². The summed E-state index contributed by atoms with van der Waals surface area (Å²) in [4.78, 5) is 2.47. The molecule has 2 heteroatoms. The molecule has 1 atom stereocenters. The first-order chi connectivity index (χ1) is 4.24. The van der Waals surface area contributed by atoms with Crippen LogP contribution in [-0.2, 0) is 0 Å². The number of likely N-dealkylation sites (tertiary alicyclic amines) is 1. The van der Waals surface area contributed by atoms with Crippen molar-refractivity contribution >= 4 is 12.6 Å². The van der Waals surface area contributed by atoms with Crippen LogP contribution in [0.25, 0.3) is 0 Å². The first-order valence-electron chi connectivity index (χ1n) is 3.59. The van der Waals surface area contributed by atoms with Gasteiger partial charge in [-0.15, -0.1) is 0 Å². The van der Waals surface area contributed by atoms with Gasteiger partial charge in [0, 0.05) is 24.9 Å². The van der Waals surface area contributed by atoms with Gasteiger partial charge in [-0.2, -0.15) is 12.6 Å². The maximum Gasteiger partial charge on any atom is 0.0155 e. The second-order valence-electron chi connectivity index (χ2n) is 3.09. The Morgan fingerprint density at radius 3 is 2.56 bits per heavy atom. The van der Waals surface area contributed by atoms with Gasteiger partial charge in [0.15, 0.2) is 0 Å². The minimum absolute atomic E-state index is 0.685. The molecular formula is C7H15NS. The van der Waals surface area contributed by atoms with E-state index in [2.05, 4.69) is 31.4 Å². The topological polar surface area (TPSA) is 3.24 Å². The smallest absolute Gasteiger partial charge is 0.0155 e. The summed E-state index contributed by atoms with van der Waals surface area (Å²) in [6.07, 6.45) is 0. The van der Waals surface area contributed by atoms with Crippen LogP contribution in [0, 0.1) is 5.92 Å². The van der Waals surface area contributed by atoms with Gasteiger partial charge in [0.05, 0.1) is 0 Å². The van der Waals surface area contributed by atoms with Gasteiger partial charge >= 0.3 is 0 Å². The van der Waals surface area contributed by atoms with Crippen LogP contribution < -0.4 is 0 Å². The molecule has 0 aromatic carbocycles. The molecule has 1 nitrogen and oxygen atoms in total. The number of hydrogen-bond donors (Lipinski definition) is 1. The Hall–Kier alpha value is 0.310. The van der Waals surface area contributed by atoms with Crippen LogP contribution in [0.15, 0.2) is 0 Å². The van der Waals surface area contributed by atoms with Crippen molar-refractivity contribution < 1.29 is 0 Å². The molecule has 54 valence electrons. The van der Waals surface area contributed by atoms with Crippen molar-refractivity contribution in [3.8, 4) is 0 Å². The molecule has 1 rings (SSSR count). The molecule has 1 aliphatic rings. The van der Waals surface area contributed by atoms with Gasteiger partial charge in [0.25, 0.3) is 0 Å². The molecule has 0 aliphatic carbocycles. The van der Waals surface area contributed by atoms with Crippen LogP contribution in [0.3, 0.4) is 0 Å². The molecule has 0 aromatic rings. The Kier molecular flexibility index (Phi) is 2.42. The molecule has 0 N–H and O–H groups in total. The largest absolute Gasteiger partial charge is 0.299 e. The molecule has 1 heterocycles. The highest BCUT2D eigenvalue weighted by atomic mass is 32.1. The molecule has 0 radical (unpaired) electrons. The van der Waals surface area contributed by atoms with Crippen molar-refractivity contribution in [1.82, 2.24) is 4.90 Å². The van der Waals surface area contributed by atoms with Crippen LogP contribution in [0.1, 0.15) is 13.8 Å². The summed E-state index contributed by atoms with van der Waals surface area (Å²) in [7, 11) is 0. The van der Waals surface area contributed by atoms with Gasteiger partial charge in [-0.25, -0.2) is 0 Å². The zero-order valence-electron chi connectivity index (χ0n) is 6.17. The van der Waals surface area contributed by atoms with E-state index in [-0.39, 0.29) is 0 Å². The molecule has 1 saturated heterocycles. The van der Waals surface area contributed by atoms with Crippen LogP contribution in [-0.4, -0.2) is 29.8 Å².